The van der Waals surface area contributed by atoms with Gasteiger partial charge in [0.15, 0.2) is 5.78 Å². The fourth-order valence-electron chi connectivity index (χ4n) is 2.36. The molecule has 0 aromatic carbocycles. The van der Waals surface area contributed by atoms with Crippen molar-refractivity contribution in [1.29, 1.82) is 0 Å². The molecular formula is C10H13BrO. The molecule has 2 heteroatoms. The Morgan fingerprint density at radius 2 is 2.17 bits per heavy atom. The van der Waals surface area contributed by atoms with Crippen molar-refractivity contribution in [2.75, 3.05) is 0 Å². The first-order valence-corrected chi connectivity index (χ1v) is 5.26. The van der Waals surface area contributed by atoms with Gasteiger partial charge in [0.05, 0.1) is 4.32 Å². The molecule has 12 heavy (non-hydrogen) atoms. The fourth-order valence-corrected chi connectivity index (χ4v) is 3.25. The molecule has 0 amide bonds. The van der Waals surface area contributed by atoms with Gasteiger partial charge in [0.1, 0.15) is 0 Å². The average Bonchev–Trinajstić information content (AvgIpc) is 2.05. The van der Waals surface area contributed by atoms with Crippen molar-refractivity contribution >= 4 is 21.7 Å². The van der Waals surface area contributed by atoms with E-state index in [0.717, 1.165) is 6.42 Å². The van der Waals surface area contributed by atoms with Crippen molar-refractivity contribution < 1.29 is 4.79 Å². The predicted molar refractivity (Wildman–Crippen MR) is 52.2 cm³/mol. The van der Waals surface area contributed by atoms with E-state index < -0.39 is 0 Å². The first-order valence-electron chi connectivity index (χ1n) is 4.47. The van der Waals surface area contributed by atoms with Crippen LogP contribution in [0.2, 0.25) is 0 Å². The van der Waals surface area contributed by atoms with Crippen LogP contribution in [0.5, 0.6) is 0 Å². The summed E-state index contributed by atoms with van der Waals surface area (Å²) in [6.07, 6.45) is 5.16. The van der Waals surface area contributed by atoms with E-state index >= 15 is 0 Å². The number of ketones is 1. The second-order valence-electron chi connectivity index (χ2n) is 4.03. The molecule has 66 valence electrons. The van der Waals surface area contributed by atoms with E-state index in [-0.39, 0.29) is 4.32 Å². The number of fused-ring (bicyclic) bond motifs is 1. The molecule has 1 fully saturated rings. The zero-order chi connectivity index (χ0) is 8.93. The monoisotopic (exact) mass is 228 g/mol. The third-order valence-corrected chi connectivity index (χ3v) is 5.13. The Bertz CT molecular complexity index is 259. The Morgan fingerprint density at radius 1 is 1.50 bits per heavy atom. The Kier molecular flexibility index (Phi) is 1.73. The van der Waals surface area contributed by atoms with Crippen LogP contribution in [0.15, 0.2) is 12.2 Å². The average molecular weight is 229 g/mol. The second kappa shape index (κ2) is 2.44. The summed E-state index contributed by atoms with van der Waals surface area (Å²) in [7, 11) is 0. The molecule has 0 aliphatic heterocycles. The van der Waals surface area contributed by atoms with Crippen LogP contribution in [0.4, 0.5) is 0 Å². The largest absolute Gasteiger partial charge is 0.298 e. The van der Waals surface area contributed by atoms with Crippen LogP contribution >= 0.6 is 15.9 Å². The van der Waals surface area contributed by atoms with Gasteiger partial charge in [-0.3, -0.25) is 4.79 Å². The van der Waals surface area contributed by atoms with E-state index in [9.17, 15) is 4.79 Å². The predicted octanol–water partition coefficient (Wildman–Crippen LogP) is 2.55. The van der Waals surface area contributed by atoms with E-state index in [4.69, 9.17) is 0 Å². The van der Waals surface area contributed by atoms with E-state index in [0.29, 0.717) is 23.5 Å². The minimum Gasteiger partial charge on any atom is -0.298 e. The van der Waals surface area contributed by atoms with Crippen molar-refractivity contribution in [2.45, 2.75) is 24.6 Å². The molecule has 2 aliphatic rings. The van der Waals surface area contributed by atoms with Crippen molar-refractivity contribution in [3.63, 3.8) is 0 Å². The molecule has 0 spiro atoms. The maximum Gasteiger partial charge on any atom is 0.150 e. The summed E-state index contributed by atoms with van der Waals surface area (Å²) in [5.74, 6) is 1.83. The summed E-state index contributed by atoms with van der Waals surface area (Å²) >= 11 is 3.61. The van der Waals surface area contributed by atoms with E-state index in [1.54, 1.807) is 0 Å². The molecule has 0 bridgehead atoms. The van der Waals surface area contributed by atoms with Gasteiger partial charge in [-0.15, -0.1) is 0 Å². The number of halogens is 1. The summed E-state index contributed by atoms with van der Waals surface area (Å²) in [4.78, 5) is 11.5. The van der Waals surface area contributed by atoms with Gasteiger partial charge in [-0.25, -0.2) is 0 Å². The normalized spacial score (nSPS) is 51.6. The minimum absolute atomic E-state index is 0.207. The topological polar surface area (TPSA) is 17.1 Å². The Hall–Kier alpha value is -0.110. The quantitative estimate of drug-likeness (QED) is 0.460. The smallest absolute Gasteiger partial charge is 0.150 e. The minimum atomic E-state index is -0.207. The molecule has 2 rings (SSSR count). The van der Waals surface area contributed by atoms with Crippen molar-refractivity contribution in [3.8, 4) is 0 Å². The summed E-state index contributed by atoms with van der Waals surface area (Å²) in [6, 6.07) is 0. The van der Waals surface area contributed by atoms with Gasteiger partial charge in [0, 0.05) is 6.42 Å². The number of alkyl halides is 1. The lowest BCUT2D eigenvalue weighted by molar-refractivity contribution is -0.134. The molecule has 1 nitrogen and oxygen atoms in total. The SMILES string of the molecule is C[C@@H]1C=C[C@H](C)[C@]2(Br)C(=O)C[C@H]12. The number of hydrogen-bond acceptors (Lipinski definition) is 1. The third kappa shape index (κ3) is 0.819. The van der Waals surface area contributed by atoms with E-state index in [1.165, 1.54) is 0 Å². The van der Waals surface area contributed by atoms with Gasteiger partial charge in [-0.05, 0) is 17.8 Å². The summed E-state index contributed by atoms with van der Waals surface area (Å²) in [6.45, 7) is 4.30. The molecule has 0 unspecified atom stereocenters. The number of Topliss-reactive ketones (excluding diaryl/α,β-unsaturated/α-hetero) is 1. The molecule has 0 aromatic heterocycles. The molecular weight excluding hydrogens is 216 g/mol. The third-order valence-electron chi connectivity index (χ3n) is 3.37. The summed E-state index contributed by atoms with van der Waals surface area (Å²) in [5.41, 5.74) is 0. The van der Waals surface area contributed by atoms with Crippen LogP contribution in [0.25, 0.3) is 0 Å². The number of rotatable bonds is 0. The van der Waals surface area contributed by atoms with E-state index in [2.05, 4.69) is 41.9 Å². The van der Waals surface area contributed by atoms with E-state index in [1.807, 2.05) is 0 Å². The van der Waals surface area contributed by atoms with Crippen LogP contribution in [0.3, 0.4) is 0 Å². The maximum absolute atomic E-state index is 11.5. The molecule has 0 N–H and O–H groups in total. The second-order valence-corrected chi connectivity index (χ2v) is 5.35. The van der Waals surface area contributed by atoms with Crippen LogP contribution < -0.4 is 0 Å². The number of hydrogen-bond donors (Lipinski definition) is 0. The van der Waals surface area contributed by atoms with Gasteiger partial charge in [0.25, 0.3) is 0 Å². The van der Waals surface area contributed by atoms with Crippen LogP contribution in [0.1, 0.15) is 20.3 Å². The molecule has 2 aliphatic carbocycles. The lowest BCUT2D eigenvalue weighted by atomic mass is 9.59. The highest BCUT2D eigenvalue weighted by atomic mass is 79.9. The van der Waals surface area contributed by atoms with Crippen LogP contribution in [0, 0.1) is 17.8 Å². The van der Waals surface area contributed by atoms with Gasteiger partial charge in [0.2, 0.25) is 0 Å². The van der Waals surface area contributed by atoms with Crippen molar-refractivity contribution in [1.82, 2.24) is 0 Å². The zero-order valence-corrected chi connectivity index (χ0v) is 8.97. The zero-order valence-electron chi connectivity index (χ0n) is 7.38. The highest BCUT2D eigenvalue weighted by Crippen LogP contribution is 2.54. The lowest BCUT2D eigenvalue weighted by Gasteiger charge is -2.51. The molecule has 1 saturated carbocycles. The van der Waals surface area contributed by atoms with Gasteiger partial charge in [-0.2, -0.15) is 0 Å². The summed E-state index contributed by atoms with van der Waals surface area (Å²) < 4.78 is -0.207. The Labute approximate surface area is 81.4 Å². The molecule has 0 saturated heterocycles. The number of allylic oxidation sites excluding steroid dienone is 2. The highest BCUT2D eigenvalue weighted by molar-refractivity contribution is 9.10. The van der Waals surface area contributed by atoms with Crippen molar-refractivity contribution in [3.05, 3.63) is 12.2 Å². The highest BCUT2D eigenvalue weighted by Gasteiger charge is 2.58. The van der Waals surface area contributed by atoms with Gasteiger partial charge >= 0.3 is 0 Å². The molecule has 0 radical (unpaired) electrons. The first kappa shape index (κ1) is 8.49. The standard InChI is InChI=1S/C10H13BrO/c1-6-3-4-7(2)10(11)8(6)5-9(10)12/h3-4,6-8H,5H2,1-2H3/t6-,7+,8-,10-/m1/s1. The Morgan fingerprint density at radius 3 is 2.67 bits per heavy atom. The lowest BCUT2D eigenvalue weighted by Crippen LogP contribution is -2.58. The summed E-state index contributed by atoms with van der Waals surface area (Å²) in [5, 5.41) is 0. The molecule has 4 atom stereocenters. The fraction of sp³-hybridized carbons (Fsp3) is 0.700. The molecule has 0 heterocycles. The van der Waals surface area contributed by atoms with Crippen molar-refractivity contribution in [2.24, 2.45) is 17.8 Å². The van der Waals surface area contributed by atoms with Gasteiger partial charge in [-0.1, -0.05) is 41.9 Å². The number of carbonyl (C=O) groups is 1. The number of carbonyl (C=O) groups excluding carboxylic acids is 1. The molecule has 0 aromatic rings. The van der Waals surface area contributed by atoms with Gasteiger partial charge < -0.3 is 0 Å². The van der Waals surface area contributed by atoms with Crippen LogP contribution in [-0.2, 0) is 4.79 Å². The Balaban J connectivity index is 2.36. The van der Waals surface area contributed by atoms with Crippen LogP contribution in [-0.4, -0.2) is 10.1 Å². The maximum atomic E-state index is 11.5. The first-order chi connectivity index (χ1) is 5.56.